The second-order valence-corrected chi connectivity index (χ2v) is 5.78. The lowest BCUT2D eigenvalue weighted by Gasteiger charge is -2.23. The third-order valence-electron chi connectivity index (χ3n) is 3.91. The van der Waals surface area contributed by atoms with Crippen LogP contribution < -0.4 is 16.0 Å². The van der Waals surface area contributed by atoms with Crippen molar-refractivity contribution in [3.8, 4) is 0 Å². The molecule has 3 amide bonds. The second-order valence-electron chi connectivity index (χ2n) is 5.78. The molecule has 138 valence electrons. The molecule has 0 fully saturated rings. The lowest BCUT2D eigenvalue weighted by atomic mass is 9.98. The molecule has 0 bridgehead atoms. The van der Waals surface area contributed by atoms with Crippen LogP contribution in [0.3, 0.4) is 0 Å². The minimum absolute atomic E-state index is 0.0655. The number of alkyl carbamates (subject to hydrolysis) is 1. The van der Waals surface area contributed by atoms with Crippen LogP contribution in [0, 0.1) is 5.92 Å². The minimum atomic E-state index is -0.710. The van der Waals surface area contributed by atoms with Crippen molar-refractivity contribution in [2.45, 2.75) is 39.3 Å². The minimum Gasteiger partial charge on any atom is -0.445 e. The smallest absolute Gasteiger partial charge is 0.408 e. The first-order chi connectivity index (χ1) is 12.0. The van der Waals surface area contributed by atoms with E-state index < -0.39 is 12.1 Å². The molecule has 0 aliphatic heterocycles. The monoisotopic (exact) mass is 349 g/mol. The molecule has 2 unspecified atom stereocenters. The van der Waals surface area contributed by atoms with Gasteiger partial charge in [-0.1, -0.05) is 50.6 Å². The Morgan fingerprint density at radius 3 is 2.44 bits per heavy atom. The van der Waals surface area contributed by atoms with Gasteiger partial charge >= 0.3 is 6.09 Å². The Kier molecular flexibility index (Phi) is 9.06. The van der Waals surface area contributed by atoms with Gasteiger partial charge in [0.25, 0.3) is 0 Å². The number of amides is 3. The van der Waals surface area contributed by atoms with Crippen molar-refractivity contribution in [2.24, 2.45) is 5.92 Å². The molecule has 0 spiro atoms. The Hall–Kier alpha value is -2.57. The highest BCUT2D eigenvalue weighted by Gasteiger charge is 2.26. The molecule has 7 nitrogen and oxygen atoms in total. The van der Waals surface area contributed by atoms with Gasteiger partial charge in [-0.15, -0.1) is 0 Å². The first kappa shape index (κ1) is 20.5. The number of hydrogen-bond donors (Lipinski definition) is 3. The molecule has 0 heterocycles. The fraction of sp³-hybridized carbons (Fsp3) is 0.500. The zero-order valence-corrected chi connectivity index (χ0v) is 15.0. The highest BCUT2D eigenvalue weighted by molar-refractivity contribution is 5.86. The van der Waals surface area contributed by atoms with Crippen molar-refractivity contribution in [3.05, 3.63) is 35.9 Å². The zero-order chi connectivity index (χ0) is 18.7. The van der Waals surface area contributed by atoms with Gasteiger partial charge in [-0.2, -0.15) is 0 Å². The maximum atomic E-state index is 12.3. The predicted molar refractivity (Wildman–Crippen MR) is 94.7 cm³/mol. The molecular formula is C18H27N3O4. The van der Waals surface area contributed by atoms with Gasteiger partial charge in [0.2, 0.25) is 11.8 Å². The highest BCUT2D eigenvalue weighted by Crippen LogP contribution is 2.09. The van der Waals surface area contributed by atoms with Crippen molar-refractivity contribution >= 4 is 17.9 Å². The van der Waals surface area contributed by atoms with Gasteiger partial charge in [-0.05, 0) is 11.5 Å². The largest absolute Gasteiger partial charge is 0.445 e. The van der Waals surface area contributed by atoms with E-state index in [0.717, 1.165) is 5.56 Å². The van der Waals surface area contributed by atoms with E-state index in [0.29, 0.717) is 6.42 Å². The molecule has 3 N–H and O–H groups in total. The average Bonchev–Trinajstić information content (AvgIpc) is 2.64. The summed E-state index contributed by atoms with van der Waals surface area (Å²) in [5.74, 6) is -0.546. The van der Waals surface area contributed by atoms with E-state index in [1.165, 1.54) is 7.05 Å². The standard InChI is InChI=1S/C18H27N3O4/c1-4-13(2)16(17(23)20-11-10-15(22)19-3)21-18(24)25-12-14-8-6-5-7-9-14/h5-9,13,16H,4,10-12H2,1-3H3,(H,19,22)(H,20,23)(H,21,24). The number of carbonyl (C=O) groups is 3. The quantitative estimate of drug-likeness (QED) is 0.631. The number of carbonyl (C=O) groups excluding carboxylic acids is 3. The fourth-order valence-corrected chi connectivity index (χ4v) is 2.13. The summed E-state index contributed by atoms with van der Waals surface area (Å²) in [4.78, 5) is 35.5. The number of ether oxygens (including phenoxy) is 1. The van der Waals surface area contributed by atoms with Gasteiger partial charge < -0.3 is 20.7 Å². The van der Waals surface area contributed by atoms with E-state index in [4.69, 9.17) is 4.74 Å². The summed E-state index contributed by atoms with van der Waals surface area (Å²) in [7, 11) is 1.54. The second kappa shape index (κ2) is 11.1. The van der Waals surface area contributed by atoms with Crippen molar-refractivity contribution in [1.82, 2.24) is 16.0 Å². The molecule has 7 heteroatoms. The summed E-state index contributed by atoms with van der Waals surface area (Å²) in [6.45, 7) is 4.16. The van der Waals surface area contributed by atoms with Crippen LogP contribution in [0.25, 0.3) is 0 Å². The van der Waals surface area contributed by atoms with E-state index in [-0.39, 0.29) is 37.3 Å². The zero-order valence-electron chi connectivity index (χ0n) is 15.0. The molecule has 1 aromatic rings. The first-order valence-electron chi connectivity index (χ1n) is 8.43. The topological polar surface area (TPSA) is 96.5 Å². The van der Waals surface area contributed by atoms with Crippen LogP contribution in [-0.4, -0.2) is 37.5 Å². The average molecular weight is 349 g/mol. The molecule has 25 heavy (non-hydrogen) atoms. The van der Waals surface area contributed by atoms with E-state index in [1.807, 2.05) is 44.2 Å². The van der Waals surface area contributed by atoms with E-state index in [1.54, 1.807) is 0 Å². The lowest BCUT2D eigenvalue weighted by Crippen LogP contribution is -2.50. The van der Waals surface area contributed by atoms with Gasteiger partial charge in [-0.25, -0.2) is 4.79 Å². The molecule has 0 saturated heterocycles. The van der Waals surface area contributed by atoms with Crippen LogP contribution in [0.5, 0.6) is 0 Å². The summed E-state index contributed by atoms with van der Waals surface area (Å²) >= 11 is 0. The molecule has 0 radical (unpaired) electrons. The summed E-state index contributed by atoms with van der Waals surface area (Å²) in [6, 6.07) is 8.59. The Morgan fingerprint density at radius 1 is 1.16 bits per heavy atom. The summed E-state index contributed by atoms with van der Waals surface area (Å²) in [5, 5.41) is 7.77. The van der Waals surface area contributed by atoms with Crippen LogP contribution in [0.4, 0.5) is 4.79 Å². The number of hydrogen-bond acceptors (Lipinski definition) is 4. The van der Waals surface area contributed by atoms with Gasteiger partial charge in [0.05, 0.1) is 0 Å². The molecule has 0 saturated carbocycles. The molecule has 0 aliphatic rings. The number of nitrogens with one attached hydrogen (secondary N) is 3. The lowest BCUT2D eigenvalue weighted by molar-refractivity contribution is -0.124. The SMILES string of the molecule is CCC(C)C(NC(=O)OCc1ccccc1)C(=O)NCCC(=O)NC. The molecule has 2 atom stereocenters. The summed E-state index contributed by atoms with van der Waals surface area (Å²) < 4.78 is 5.17. The fourth-order valence-electron chi connectivity index (χ4n) is 2.13. The van der Waals surface area contributed by atoms with Crippen LogP contribution in [0.15, 0.2) is 30.3 Å². The van der Waals surface area contributed by atoms with Crippen LogP contribution in [0.2, 0.25) is 0 Å². The van der Waals surface area contributed by atoms with Crippen molar-refractivity contribution in [3.63, 3.8) is 0 Å². The summed E-state index contributed by atoms with van der Waals surface area (Å²) in [6.07, 6.45) is 0.260. The first-order valence-corrected chi connectivity index (χ1v) is 8.43. The van der Waals surface area contributed by atoms with E-state index >= 15 is 0 Å². The van der Waals surface area contributed by atoms with Crippen molar-refractivity contribution in [2.75, 3.05) is 13.6 Å². The Labute approximate surface area is 148 Å². The highest BCUT2D eigenvalue weighted by atomic mass is 16.5. The molecular weight excluding hydrogens is 322 g/mol. The van der Waals surface area contributed by atoms with Crippen molar-refractivity contribution in [1.29, 1.82) is 0 Å². The van der Waals surface area contributed by atoms with Gasteiger partial charge in [0.1, 0.15) is 12.6 Å². The summed E-state index contributed by atoms with van der Waals surface area (Å²) in [5.41, 5.74) is 0.868. The molecule has 0 aromatic heterocycles. The van der Waals surface area contributed by atoms with Crippen molar-refractivity contribution < 1.29 is 19.1 Å². The molecule has 0 aliphatic carbocycles. The number of rotatable bonds is 9. The maximum Gasteiger partial charge on any atom is 0.408 e. The normalized spacial score (nSPS) is 12.6. The van der Waals surface area contributed by atoms with Crippen LogP contribution >= 0.6 is 0 Å². The third-order valence-corrected chi connectivity index (χ3v) is 3.91. The van der Waals surface area contributed by atoms with E-state index in [9.17, 15) is 14.4 Å². The Morgan fingerprint density at radius 2 is 1.84 bits per heavy atom. The Bertz CT molecular complexity index is 563. The number of benzene rings is 1. The molecule has 1 rings (SSSR count). The maximum absolute atomic E-state index is 12.3. The van der Waals surface area contributed by atoms with Gasteiger partial charge in [-0.3, -0.25) is 9.59 Å². The predicted octanol–water partition coefficient (Wildman–Crippen LogP) is 1.58. The van der Waals surface area contributed by atoms with E-state index in [2.05, 4.69) is 16.0 Å². The van der Waals surface area contributed by atoms with Gasteiger partial charge in [0, 0.05) is 20.0 Å². The molecule has 1 aromatic carbocycles. The van der Waals surface area contributed by atoms with Crippen LogP contribution in [0.1, 0.15) is 32.3 Å². The van der Waals surface area contributed by atoms with Crippen LogP contribution in [-0.2, 0) is 20.9 Å². The van der Waals surface area contributed by atoms with Gasteiger partial charge in [0.15, 0.2) is 0 Å². The Balaban J connectivity index is 2.52. The third kappa shape index (κ3) is 7.69.